The van der Waals surface area contributed by atoms with Gasteiger partial charge in [0.2, 0.25) is 0 Å². The summed E-state index contributed by atoms with van der Waals surface area (Å²) in [6.45, 7) is 7.94. The molecule has 0 fully saturated rings. The molecular weight excluding hydrogens is 549 g/mol. The zero-order chi connectivity index (χ0) is 14.8. The number of nitrogens with zero attached hydrogens (tertiary/aromatic N) is 2. The van der Waals surface area contributed by atoms with E-state index in [1.54, 1.807) is 6.20 Å². The van der Waals surface area contributed by atoms with Crippen molar-refractivity contribution in [1.29, 1.82) is 5.26 Å². The van der Waals surface area contributed by atoms with Crippen LogP contribution in [0.25, 0.3) is 10.9 Å². The fourth-order valence-corrected chi connectivity index (χ4v) is 2.24. The number of fused-ring (bicyclic) bond motifs is 1. The van der Waals surface area contributed by atoms with E-state index in [2.05, 4.69) is 30.2 Å². The van der Waals surface area contributed by atoms with Gasteiger partial charge in [0, 0.05) is 116 Å². The maximum atomic E-state index is 9.33. The Morgan fingerprint density at radius 3 is 2.23 bits per heavy atom. The Morgan fingerprint density at radius 2 is 1.62 bits per heavy atom. The number of para-hydroxylation sites is 1. The molecule has 3 rings (SSSR count). The Hall–Kier alpha value is 0.192. The average Bonchev–Trinajstić information content (AvgIpc) is 2.50. The van der Waals surface area contributed by atoms with Crippen LogP contribution in [0.3, 0.4) is 0 Å². The van der Waals surface area contributed by atoms with Crippen LogP contribution in [-0.2, 0) is 98.1 Å². The summed E-state index contributed by atoms with van der Waals surface area (Å²) in [6.07, 6.45) is 1.58. The van der Waals surface area contributed by atoms with Crippen molar-refractivity contribution in [1.82, 2.24) is 4.98 Å². The third-order valence-electron chi connectivity index (χ3n) is 3.33. The van der Waals surface area contributed by atoms with E-state index in [-0.39, 0.29) is 113 Å². The molecule has 0 spiro atoms. The number of nitrogens with one attached hydrogen (secondary N) is 1. The smallest absolute Gasteiger partial charge is 0.103 e. The summed E-state index contributed by atoms with van der Waals surface area (Å²) in [7, 11) is 0. The molecule has 0 amide bonds. The van der Waals surface area contributed by atoms with Crippen LogP contribution in [-0.4, -0.2) is 4.98 Å². The Kier molecular flexibility index (Phi) is 16.9. The second kappa shape index (κ2) is 14.2. The second-order valence-corrected chi connectivity index (χ2v) is 4.79. The minimum Gasteiger partial charge on any atom is -0.407 e. The third kappa shape index (κ3) is 6.97. The maximum Gasteiger partial charge on any atom is 0.103 e. The summed E-state index contributed by atoms with van der Waals surface area (Å²) in [5, 5.41) is 13.5. The van der Waals surface area contributed by atoms with E-state index in [0.717, 1.165) is 33.4 Å². The molecule has 3 nitrogen and oxygen atoms in total. The summed E-state index contributed by atoms with van der Waals surface area (Å²) in [4.78, 5) is 4.31. The van der Waals surface area contributed by atoms with Crippen LogP contribution in [0.1, 0.15) is 16.7 Å². The monoisotopic (exact) mass is 568 g/mol. The summed E-state index contributed by atoms with van der Waals surface area (Å²) >= 11 is 0. The molecular formula is C20H19N3Y3-4. The van der Waals surface area contributed by atoms with E-state index in [4.69, 9.17) is 0 Å². The van der Waals surface area contributed by atoms with Crippen molar-refractivity contribution in [2.45, 2.75) is 0 Å². The average molecular weight is 568 g/mol. The van der Waals surface area contributed by atoms with Crippen molar-refractivity contribution in [3.63, 3.8) is 0 Å². The number of benzene rings is 2. The van der Waals surface area contributed by atoms with Gasteiger partial charge in [-0.2, -0.15) is 48.4 Å². The van der Waals surface area contributed by atoms with Crippen LogP contribution in [0.15, 0.2) is 48.7 Å². The molecule has 3 radical (unpaired) electrons. The van der Waals surface area contributed by atoms with E-state index >= 15 is 0 Å². The van der Waals surface area contributed by atoms with Crippen molar-refractivity contribution < 1.29 is 98.1 Å². The van der Waals surface area contributed by atoms with E-state index in [9.17, 15) is 5.26 Å². The van der Waals surface area contributed by atoms with Gasteiger partial charge in [0.1, 0.15) is 6.07 Å². The molecule has 0 aliphatic carbocycles. The van der Waals surface area contributed by atoms with Crippen LogP contribution in [0.2, 0.25) is 0 Å². The third-order valence-corrected chi connectivity index (χ3v) is 3.33. The van der Waals surface area contributed by atoms with E-state index in [0.29, 0.717) is 5.56 Å². The molecule has 26 heavy (non-hydrogen) atoms. The number of hydrogen-bond acceptors (Lipinski definition) is 3. The minimum absolute atomic E-state index is 0. The molecule has 0 bridgehead atoms. The van der Waals surface area contributed by atoms with Gasteiger partial charge in [0.25, 0.3) is 0 Å². The molecule has 0 atom stereocenters. The molecule has 1 heterocycles. The van der Waals surface area contributed by atoms with Crippen molar-refractivity contribution in [2.24, 2.45) is 0 Å². The van der Waals surface area contributed by atoms with Crippen LogP contribution >= 0.6 is 0 Å². The normalized spacial score (nSPS) is 8.27. The van der Waals surface area contributed by atoms with E-state index < -0.39 is 0 Å². The summed E-state index contributed by atoms with van der Waals surface area (Å²) in [5.41, 5.74) is 4.68. The number of hydrogen-bond donors (Lipinski definition) is 1. The van der Waals surface area contributed by atoms with Gasteiger partial charge in [-0.1, -0.05) is 23.9 Å². The first kappa shape index (κ1) is 30.9. The molecule has 2 aromatic carbocycles. The van der Waals surface area contributed by atoms with Gasteiger partial charge in [0.15, 0.2) is 0 Å². The molecule has 0 saturated carbocycles. The first-order chi connectivity index (χ1) is 10.2. The number of aromatic nitrogens is 1. The first-order valence-electron chi connectivity index (χ1n) is 6.52. The standard InChI is InChI=1S/C18H13N3.2CH3.3Y/c1-12-7-8-17-15(9-12)18(14(10-19)11-20-17)21-16-6-4-3-5-13(16)2;;;;;/h3-9,11H,1-2H2,(H,20,21);2*1H3;;;/q-2;2*-1;;;. The van der Waals surface area contributed by atoms with Gasteiger partial charge >= 0.3 is 0 Å². The number of anilines is 2. The molecule has 0 aliphatic rings. The molecule has 3 aromatic rings. The van der Waals surface area contributed by atoms with Crippen molar-refractivity contribution >= 4 is 22.3 Å². The predicted molar refractivity (Wildman–Crippen MR) is 97.9 cm³/mol. The second-order valence-electron chi connectivity index (χ2n) is 4.79. The Labute approximate surface area is 232 Å². The molecule has 0 saturated heterocycles. The van der Waals surface area contributed by atoms with Crippen LogP contribution in [0, 0.1) is 40.0 Å². The predicted octanol–water partition coefficient (Wildman–Crippen LogP) is 5.11. The topological polar surface area (TPSA) is 48.7 Å². The fourth-order valence-electron chi connectivity index (χ4n) is 2.24. The summed E-state index contributed by atoms with van der Waals surface area (Å²) in [5.74, 6) is 0. The van der Waals surface area contributed by atoms with Crippen LogP contribution < -0.4 is 5.32 Å². The molecule has 1 N–H and O–H groups in total. The van der Waals surface area contributed by atoms with E-state index in [1.165, 1.54) is 0 Å². The SMILES string of the molecule is [CH2-]c1ccc2ncc(C#N)c(Nc3ccccc3[CH2-])c2c1.[CH3-].[CH3-].[Y].[Y].[Y]. The van der Waals surface area contributed by atoms with Gasteiger partial charge in [-0.15, -0.1) is 6.07 Å². The van der Waals surface area contributed by atoms with Crippen molar-refractivity contribution in [3.8, 4) is 6.07 Å². The Balaban J connectivity index is -0.00000106. The summed E-state index contributed by atoms with van der Waals surface area (Å²) in [6, 6.07) is 15.6. The maximum absolute atomic E-state index is 9.33. The van der Waals surface area contributed by atoms with Crippen LogP contribution in [0.4, 0.5) is 11.4 Å². The van der Waals surface area contributed by atoms with Gasteiger partial charge in [-0.3, -0.25) is 4.98 Å². The molecule has 1 aromatic heterocycles. The molecule has 6 heteroatoms. The first-order valence-corrected chi connectivity index (χ1v) is 6.52. The molecule has 127 valence electrons. The van der Waals surface area contributed by atoms with Crippen LogP contribution in [0.5, 0.6) is 0 Å². The minimum atomic E-state index is 0. The van der Waals surface area contributed by atoms with Gasteiger partial charge < -0.3 is 20.2 Å². The van der Waals surface area contributed by atoms with Crippen molar-refractivity contribution in [3.05, 3.63) is 94.1 Å². The number of nitriles is 1. The number of pyridine rings is 1. The summed E-state index contributed by atoms with van der Waals surface area (Å²) < 4.78 is 0. The zero-order valence-corrected chi connectivity index (χ0v) is 23.7. The van der Waals surface area contributed by atoms with Crippen molar-refractivity contribution in [2.75, 3.05) is 5.32 Å². The Morgan fingerprint density at radius 1 is 0.962 bits per heavy atom. The fraction of sp³-hybridized carbons (Fsp3) is 0. The number of rotatable bonds is 2. The van der Waals surface area contributed by atoms with Gasteiger partial charge in [0.05, 0.1) is 5.56 Å². The van der Waals surface area contributed by atoms with E-state index in [1.807, 2.05) is 42.5 Å². The van der Waals surface area contributed by atoms with Gasteiger partial charge in [-0.25, -0.2) is 0 Å². The molecule has 0 aliphatic heterocycles. The molecule has 0 unspecified atom stereocenters. The largest absolute Gasteiger partial charge is 0.407 e. The Bertz CT molecular complexity index is 874. The quantitative estimate of drug-likeness (QED) is 0.438. The zero-order valence-electron chi connectivity index (χ0n) is 15.2. The van der Waals surface area contributed by atoms with Gasteiger partial charge in [-0.05, 0) is 5.39 Å².